The highest BCUT2D eigenvalue weighted by Crippen LogP contribution is 2.30. The zero-order chi connectivity index (χ0) is 19.1. The van der Waals surface area contributed by atoms with E-state index < -0.39 is 0 Å². The van der Waals surface area contributed by atoms with Gasteiger partial charge in [0.25, 0.3) is 11.5 Å². The Hall–Kier alpha value is -3.16. The van der Waals surface area contributed by atoms with E-state index in [1.54, 1.807) is 30.2 Å². The Bertz CT molecular complexity index is 1080. The van der Waals surface area contributed by atoms with Gasteiger partial charge in [0.05, 0.1) is 12.7 Å². The lowest BCUT2D eigenvalue weighted by Gasteiger charge is -2.27. The molecule has 8 nitrogen and oxygen atoms in total. The van der Waals surface area contributed by atoms with E-state index in [0.29, 0.717) is 36.9 Å². The molecule has 0 atom stereocenters. The van der Waals surface area contributed by atoms with Crippen LogP contribution in [-0.4, -0.2) is 37.1 Å². The molecular formula is C19H21N5O3. The molecule has 0 radical (unpaired) electrons. The average Bonchev–Trinajstić information content (AvgIpc) is 3.24. The largest absolute Gasteiger partial charge is 0.440 e. The SMILES string of the molecule is CCn1nc(-c2ncc(C)o2)c2c1CCN(C(=O)c1ccc(C)[nH]c1=O)C2. The van der Waals surface area contributed by atoms with Crippen molar-refractivity contribution in [1.82, 2.24) is 24.6 Å². The lowest BCUT2D eigenvalue weighted by atomic mass is 10.0. The molecule has 3 aromatic rings. The third kappa shape index (κ3) is 2.97. The van der Waals surface area contributed by atoms with Gasteiger partial charge in [0.2, 0.25) is 5.89 Å². The number of oxazole rings is 1. The number of amides is 1. The van der Waals surface area contributed by atoms with Crippen LogP contribution < -0.4 is 5.56 Å². The summed E-state index contributed by atoms with van der Waals surface area (Å²) in [4.78, 5) is 33.7. The number of rotatable bonds is 3. The highest BCUT2D eigenvalue weighted by atomic mass is 16.4. The summed E-state index contributed by atoms with van der Waals surface area (Å²) in [6.45, 7) is 7.29. The zero-order valence-electron chi connectivity index (χ0n) is 15.6. The van der Waals surface area contributed by atoms with Crippen LogP contribution in [0.2, 0.25) is 0 Å². The molecule has 1 aliphatic rings. The highest BCUT2D eigenvalue weighted by Gasteiger charge is 2.30. The number of aryl methyl sites for hydroxylation is 3. The van der Waals surface area contributed by atoms with Crippen LogP contribution in [0.1, 0.15) is 40.0 Å². The van der Waals surface area contributed by atoms with Crippen LogP contribution in [0, 0.1) is 13.8 Å². The summed E-state index contributed by atoms with van der Waals surface area (Å²) in [6, 6.07) is 3.32. The Morgan fingerprint density at radius 2 is 2.15 bits per heavy atom. The fraction of sp³-hybridized carbons (Fsp3) is 0.368. The maximum Gasteiger partial charge on any atom is 0.260 e. The number of aromatic nitrogens is 4. The molecule has 140 valence electrons. The molecule has 1 amide bonds. The minimum Gasteiger partial charge on any atom is -0.440 e. The minimum absolute atomic E-state index is 0.153. The van der Waals surface area contributed by atoms with Gasteiger partial charge < -0.3 is 14.3 Å². The number of H-pyrrole nitrogens is 1. The van der Waals surface area contributed by atoms with Gasteiger partial charge in [-0.25, -0.2) is 4.98 Å². The average molecular weight is 367 g/mol. The standard InChI is InChI=1S/C19H21N5O3/c1-4-24-15-7-8-23(19(26)13-6-5-11(2)21-17(13)25)10-14(15)16(22-24)18-20-9-12(3)27-18/h5-6,9H,4,7-8,10H2,1-3H3,(H,21,25). The summed E-state index contributed by atoms with van der Waals surface area (Å²) in [5.74, 6) is 0.888. The van der Waals surface area contributed by atoms with Crippen LogP contribution in [0.4, 0.5) is 0 Å². The van der Waals surface area contributed by atoms with Crippen LogP contribution >= 0.6 is 0 Å². The van der Waals surface area contributed by atoms with E-state index in [2.05, 4.69) is 15.1 Å². The van der Waals surface area contributed by atoms with E-state index in [0.717, 1.165) is 23.5 Å². The van der Waals surface area contributed by atoms with Crippen molar-refractivity contribution in [2.24, 2.45) is 0 Å². The Balaban J connectivity index is 1.71. The van der Waals surface area contributed by atoms with E-state index in [9.17, 15) is 9.59 Å². The third-order valence-corrected chi connectivity index (χ3v) is 4.83. The molecule has 0 saturated heterocycles. The van der Waals surface area contributed by atoms with Gasteiger partial charge in [0.15, 0.2) is 5.69 Å². The van der Waals surface area contributed by atoms with E-state index in [4.69, 9.17) is 4.42 Å². The first kappa shape index (κ1) is 17.3. The molecule has 0 spiro atoms. The van der Waals surface area contributed by atoms with Crippen molar-refractivity contribution in [2.75, 3.05) is 6.54 Å². The van der Waals surface area contributed by atoms with Gasteiger partial charge in [-0.15, -0.1) is 0 Å². The van der Waals surface area contributed by atoms with Crippen LogP contribution in [-0.2, 0) is 19.5 Å². The molecule has 0 unspecified atom stereocenters. The number of fused-ring (bicyclic) bond motifs is 1. The van der Waals surface area contributed by atoms with Crippen molar-refractivity contribution < 1.29 is 9.21 Å². The quantitative estimate of drug-likeness (QED) is 0.764. The molecule has 4 rings (SSSR count). The molecule has 1 aliphatic heterocycles. The minimum atomic E-state index is -0.362. The highest BCUT2D eigenvalue weighted by molar-refractivity contribution is 5.94. The van der Waals surface area contributed by atoms with Crippen molar-refractivity contribution in [3.63, 3.8) is 0 Å². The molecule has 3 aromatic heterocycles. The van der Waals surface area contributed by atoms with Gasteiger partial charge in [-0.3, -0.25) is 14.3 Å². The smallest absolute Gasteiger partial charge is 0.260 e. The van der Waals surface area contributed by atoms with Gasteiger partial charge in [0, 0.05) is 36.5 Å². The molecule has 0 aliphatic carbocycles. The second-order valence-corrected chi connectivity index (χ2v) is 6.73. The van der Waals surface area contributed by atoms with Crippen LogP contribution in [0.15, 0.2) is 27.5 Å². The van der Waals surface area contributed by atoms with Crippen LogP contribution in [0.25, 0.3) is 11.6 Å². The van der Waals surface area contributed by atoms with Gasteiger partial charge in [-0.1, -0.05) is 0 Å². The summed E-state index contributed by atoms with van der Waals surface area (Å²) in [5.41, 5.74) is 3.20. The lowest BCUT2D eigenvalue weighted by Crippen LogP contribution is -2.39. The van der Waals surface area contributed by atoms with E-state index >= 15 is 0 Å². The molecule has 0 bridgehead atoms. The van der Waals surface area contributed by atoms with Crippen LogP contribution in [0.5, 0.6) is 0 Å². The van der Waals surface area contributed by atoms with E-state index in [1.165, 1.54) is 0 Å². The Morgan fingerprint density at radius 3 is 2.81 bits per heavy atom. The van der Waals surface area contributed by atoms with Gasteiger partial charge >= 0.3 is 0 Å². The lowest BCUT2D eigenvalue weighted by molar-refractivity contribution is 0.0731. The Kier molecular flexibility index (Phi) is 4.18. The number of hydrogen-bond acceptors (Lipinski definition) is 5. The predicted octanol–water partition coefficient (Wildman–Crippen LogP) is 2.06. The van der Waals surface area contributed by atoms with E-state index in [1.807, 2.05) is 18.5 Å². The molecule has 0 fully saturated rings. The van der Waals surface area contributed by atoms with Crippen LogP contribution in [0.3, 0.4) is 0 Å². The summed E-state index contributed by atoms with van der Waals surface area (Å²) in [6.07, 6.45) is 2.33. The number of pyridine rings is 1. The molecule has 27 heavy (non-hydrogen) atoms. The van der Waals surface area contributed by atoms with Gasteiger partial charge in [-0.05, 0) is 32.9 Å². The van der Waals surface area contributed by atoms with Crippen molar-refractivity contribution in [3.05, 3.63) is 57.0 Å². The Morgan fingerprint density at radius 1 is 1.33 bits per heavy atom. The van der Waals surface area contributed by atoms with Crippen molar-refractivity contribution in [1.29, 1.82) is 0 Å². The number of nitrogens with one attached hydrogen (secondary N) is 1. The second-order valence-electron chi connectivity index (χ2n) is 6.73. The van der Waals surface area contributed by atoms with Gasteiger partial charge in [0.1, 0.15) is 11.3 Å². The number of aromatic amines is 1. The first-order valence-electron chi connectivity index (χ1n) is 8.98. The number of carbonyl (C=O) groups is 1. The zero-order valence-corrected chi connectivity index (χ0v) is 15.6. The fourth-order valence-electron chi connectivity index (χ4n) is 3.47. The third-order valence-electron chi connectivity index (χ3n) is 4.83. The van der Waals surface area contributed by atoms with E-state index in [-0.39, 0.29) is 17.0 Å². The summed E-state index contributed by atoms with van der Waals surface area (Å²) in [7, 11) is 0. The normalized spacial score (nSPS) is 13.7. The Labute approximate surface area is 155 Å². The molecule has 4 heterocycles. The molecule has 1 N–H and O–H groups in total. The predicted molar refractivity (Wildman–Crippen MR) is 98.4 cm³/mol. The molecular weight excluding hydrogens is 346 g/mol. The van der Waals surface area contributed by atoms with Crippen molar-refractivity contribution in [3.8, 4) is 11.6 Å². The summed E-state index contributed by atoms with van der Waals surface area (Å²) in [5, 5.41) is 4.64. The fourth-order valence-corrected chi connectivity index (χ4v) is 3.47. The van der Waals surface area contributed by atoms with Crippen molar-refractivity contribution >= 4 is 5.91 Å². The molecule has 8 heteroatoms. The summed E-state index contributed by atoms with van der Waals surface area (Å²) >= 11 is 0. The maximum atomic E-state index is 12.9. The van der Waals surface area contributed by atoms with Gasteiger partial charge in [-0.2, -0.15) is 5.10 Å². The summed E-state index contributed by atoms with van der Waals surface area (Å²) < 4.78 is 7.60. The second kappa shape index (κ2) is 6.53. The number of nitrogens with zero attached hydrogens (tertiary/aromatic N) is 4. The number of hydrogen-bond donors (Lipinski definition) is 1. The molecule has 0 aromatic carbocycles. The topological polar surface area (TPSA) is 97.0 Å². The monoisotopic (exact) mass is 367 g/mol. The number of carbonyl (C=O) groups excluding carboxylic acids is 1. The first-order valence-corrected chi connectivity index (χ1v) is 8.98. The first-order chi connectivity index (χ1) is 13.0. The van der Waals surface area contributed by atoms with Crippen molar-refractivity contribution in [2.45, 2.75) is 40.3 Å². The molecule has 0 saturated carbocycles. The maximum absolute atomic E-state index is 12.9.